The Morgan fingerprint density at radius 2 is 1.70 bits per heavy atom. The van der Waals surface area contributed by atoms with E-state index in [1.165, 1.54) is 19.8 Å². The topological polar surface area (TPSA) is 105 Å². The molecule has 0 aliphatic rings. The molecule has 0 aromatic heterocycles. The van der Waals surface area contributed by atoms with Crippen LogP contribution in [0.5, 0.6) is 0 Å². The first-order chi connectivity index (χ1) is 11.0. The minimum atomic E-state index is -0.935. The molecule has 0 saturated carbocycles. The van der Waals surface area contributed by atoms with Crippen LogP contribution < -0.4 is 0 Å². The van der Waals surface area contributed by atoms with E-state index in [4.69, 9.17) is 24.4 Å². The molecule has 0 heterocycles. The molecule has 0 aromatic carbocycles. The van der Waals surface area contributed by atoms with Crippen molar-refractivity contribution in [1.29, 1.82) is 0 Å². The molecule has 0 aliphatic carbocycles. The molecule has 7 nitrogen and oxygen atoms in total. The van der Waals surface area contributed by atoms with Gasteiger partial charge in [-0.25, -0.2) is 4.79 Å². The summed E-state index contributed by atoms with van der Waals surface area (Å²) in [6.07, 6.45) is 3.66. The van der Waals surface area contributed by atoms with E-state index in [0.29, 0.717) is 26.4 Å². The second kappa shape index (κ2) is 19.1. The van der Waals surface area contributed by atoms with E-state index in [9.17, 15) is 9.90 Å². The number of hydrogen-bond donors (Lipinski definition) is 3. The molecule has 0 aliphatic heterocycles. The molecule has 3 N–H and O–H groups in total. The van der Waals surface area contributed by atoms with Gasteiger partial charge in [0.1, 0.15) is 0 Å². The molecule has 1 atom stereocenters. The molecule has 23 heavy (non-hydrogen) atoms. The van der Waals surface area contributed by atoms with E-state index in [2.05, 4.69) is 13.5 Å². The van der Waals surface area contributed by atoms with Gasteiger partial charge in [0.05, 0.1) is 33.0 Å². The molecule has 0 bridgehead atoms. The minimum Gasteiger partial charge on any atom is -0.478 e. The lowest BCUT2D eigenvalue weighted by Gasteiger charge is -2.12. The Labute approximate surface area is 138 Å². The highest BCUT2D eigenvalue weighted by atomic mass is 16.6. The first kappa shape index (κ1) is 24.3. The summed E-state index contributed by atoms with van der Waals surface area (Å²) in [5.74, 6) is -0.935. The smallest absolute Gasteiger partial charge is 0.330 e. The van der Waals surface area contributed by atoms with Crippen LogP contribution in [0.25, 0.3) is 0 Å². The van der Waals surface area contributed by atoms with Crippen LogP contribution in [-0.2, 0) is 19.0 Å². The molecule has 0 radical (unpaired) electrons. The van der Waals surface area contributed by atoms with Gasteiger partial charge in [0.25, 0.3) is 0 Å². The zero-order valence-electron chi connectivity index (χ0n) is 14.3. The fraction of sp³-hybridized carbons (Fsp3) is 0.812. The van der Waals surface area contributed by atoms with Crippen molar-refractivity contribution in [2.75, 3.05) is 39.6 Å². The Morgan fingerprint density at radius 3 is 2.22 bits per heavy atom. The second-order valence-corrected chi connectivity index (χ2v) is 4.88. The van der Waals surface area contributed by atoms with E-state index >= 15 is 0 Å². The van der Waals surface area contributed by atoms with Gasteiger partial charge in [-0.2, -0.15) is 0 Å². The first-order valence-corrected chi connectivity index (χ1v) is 7.90. The third kappa shape index (κ3) is 23.4. The van der Waals surface area contributed by atoms with Crippen molar-refractivity contribution in [2.45, 2.75) is 45.8 Å². The van der Waals surface area contributed by atoms with Crippen LogP contribution in [0.4, 0.5) is 0 Å². The van der Waals surface area contributed by atoms with Gasteiger partial charge in [-0.3, -0.25) is 0 Å². The average Bonchev–Trinajstić information content (AvgIpc) is 2.51. The Kier molecular flexibility index (Phi) is 20.1. The highest BCUT2D eigenvalue weighted by molar-refractivity contribution is 5.84. The number of carbonyl (C=O) groups is 1. The molecular formula is C16H32O7. The monoisotopic (exact) mass is 336 g/mol. The number of aliphatic hydroxyl groups is 2. The third-order valence-electron chi connectivity index (χ3n) is 2.54. The van der Waals surface area contributed by atoms with E-state index in [-0.39, 0.29) is 18.8 Å². The second-order valence-electron chi connectivity index (χ2n) is 4.88. The molecule has 0 saturated heterocycles. The lowest BCUT2D eigenvalue weighted by Crippen LogP contribution is -2.21. The van der Waals surface area contributed by atoms with E-state index in [0.717, 1.165) is 12.8 Å². The van der Waals surface area contributed by atoms with Gasteiger partial charge in [-0.15, -0.1) is 0 Å². The van der Waals surface area contributed by atoms with Gasteiger partial charge in [0, 0.05) is 12.2 Å². The number of aliphatic hydroxyl groups excluding tert-OH is 2. The Hall–Kier alpha value is -0.990. The molecule has 0 amide bonds. The van der Waals surface area contributed by atoms with Crippen LogP contribution in [0, 0.1) is 0 Å². The first-order valence-electron chi connectivity index (χ1n) is 7.90. The van der Waals surface area contributed by atoms with Gasteiger partial charge in [0.2, 0.25) is 0 Å². The fourth-order valence-corrected chi connectivity index (χ4v) is 1.26. The summed E-state index contributed by atoms with van der Waals surface area (Å²) < 4.78 is 15.3. The van der Waals surface area contributed by atoms with Gasteiger partial charge < -0.3 is 29.5 Å². The maximum Gasteiger partial charge on any atom is 0.330 e. The highest BCUT2D eigenvalue weighted by Crippen LogP contribution is 2.00. The van der Waals surface area contributed by atoms with Gasteiger partial charge in [0.15, 0.2) is 6.29 Å². The average molecular weight is 336 g/mol. The number of ether oxygens (including phenoxy) is 3. The lowest BCUT2D eigenvalue weighted by atomic mass is 10.2. The summed E-state index contributed by atoms with van der Waals surface area (Å²) in [6.45, 7) is 8.65. The summed E-state index contributed by atoms with van der Waals surface area (Å²) in [6, 6.07) is 0. The third-order valence-corrected chi connectivity index (χ3v) is 2.54. The van der Waals surface area contributed by atoms with Crippen LogP contribution in [0.3, 0.4) is 0 Å². The summed E-state index contributed by atoms with van der Waals surface area (Å²) >= 11 is 0. The summed E-state index contributed by atoms with van der Waals surface area (Å²) in [5, 5.41) is 25.7. The van der Waals surface area contributed by atoms with Crippen molar-refractivity contribution in [3.63, 3.8) is 0 Å². The summed E-state index contributed by atoms with van der Waals surface area (Å²) in [7, 11) is 0. The molecule has 0 spiro atoms. The number of unbranched alkanes of at least 4 members (excludes halogenated alkanes) is 3. The van der Waals surface area contributed by atoms with E-state index in [1.54, 1.807) is 0 Å². The van der Waals surface area contributed by atoms with E-state index < -0.39 is 12.3 Å². The zero-order chi connectivity index (χ0) is 17.9. The molecule has 1 unspecified atom stereocenters. The SMILES string of the molecule is C=C(C)C(=O)O.CCCCCCOC(O)COCCOCCO. The van der Waals surface area contributed by atoms with Gasteiger partial charge >= 0.3 is 5.97 Å². The van der Waals surface area contributed by atoms with Crippen molar-refractivity contribution in [1.82, 2.24) is 0 Å². The van der Waals surface area contributed by atoms with Gasteiger partial charge in [-0.1, -0.05) is 32.8 Å². The predicted molar refractivity (Wildman–Crippen MR) is 87.3 cm³/mol. The molecular weight excluding hydrogens is 304 g/mol. The van der Waals surface area contributed by atoms with Crippen molar-refractivity contribution in [3.05, 3.63) is 12.2 Å². The molecule has 7 heteroatoms. The molecule has 138 valence electrons. The number of aliphatic carboxylic acids is 1. The maximum atomic E-state index is 9.60. The fourth-order valence-electron chi connectivity index (χ4n) is 1.26. The molecule has 0 fully saturated rings. The Morgan fingerprint density at radius 1 is 1.09 bits per heavy atom. The number of rotatable bonds is 14. The van der Waals surface area contributed by atoms with E-state index in [1.807, 2.05) is 0 Å². The van der Waals surface area contributed by atoms with Crippen LogP contribution in [0.15, 0.2) is 12.2 Å². The standard InChI is InChI=1S/C12H26O5.C4H6O2/c1-2-3-4-5-7-17-12(14)11-16-10-9-15-8-6-13;1-3(2)4(5)6/h12-14H,2-11H2,1H3;1H2,2H3,(H,5,6). The van der Waals surface area contributed by atoms with Crippen LogP contribution in [-0.4, -0.2) is 67.2 Å². The summed E-state index contributed by atoms with van der Waals surface area (Å²) in [5.41, 5.74) is 0.176. The number of hydrogen-bond acceptors (Lipinski definition) is 6. The summed E-state index contributed by atoms with van der Waals surface area (Å²) in [4.78, 5) is 9.60. The number of carboxylic acid groups (broad SMARTS) is 1. The van der Waals surface area contributed by atoms with Gasteiger partial charge in [-0.05, 0) is 13.3 Å². The van der Waals surface area contributed by atoms with Crippen LogP contribution in [0.1, 0.15) is 39.5 Å². The maximum absolute atomic E-state index is 9.60. The zero-order valence-corrected chi connectivity index (χ0v) is 14.3. The van der Waals surface area contributed by atoms with Crippen molar-refractivity contribution in [2.24, 2.45) is 0 Å². The van der Waals surface area contributed by atoms with Crippen molar-refractivity contribution >= 4 is 5.97 Å². The van der Waals surface area contributed by atoms with Crippen LogP contribution in [0.2, 0.25) is 0 Å². The molecule has 0 rings (SSSR count). The quantitative estimate of drug-likeness (QED) is 0.251. The normalized spacial score (nSPS) is 11.5. The van der Waals surface area contributed by atoms with Crippen molar-refractivity contribution < 1.29 is 34.3 Å². The Balaban J connectivity index is 0. The minimum absolute atomic E-state index is 0.0174. The van der Waals surface area contributed by atoms with Crippen molar-refractivity contribution in [3.8, 4) is 0 Å². The highest BCUT2D eigenvalue weighted by Gasteiger charge is 2.03. The largest absolute Gasteiger partial charge is 0.478 e. The predicted octanol–water partition coefficient (Wildman–Crippen LogP) is 1.57. The number of carboxylic acids is 1. The lowest BCUT2D eigenvalue weighted by molar-refractivity contribution is -0.141. The van der Waals surface area contributed by atoms with Crippen LogP contribution >= 0.6 is 0 Å². The Bertz CT molecular complexity index is 270. The molecule has 0 aromatic rings.